The van der Waals surface area contributed by atoms with Crippen LogP contribution in [0, 0.1) is 0 Å². The van der Waals surface area contributed by atoms with Crippen LogP contribution >= 0.6 is 0 Å². The summed E-state index contributed by atoms with van der Waals surface area (Å²) in [7, 11) is 3.89. The van der Waals surface area contributed by atoms with Gasteiger partial charge in [-0.25, -0.2) is 0 Å². The molecule has 1 heterocycles. The van der Waals surface area contributed by atoms with Gasteiger partial charge in [-0.05, 0) is 55.8 Å². The predicted octanol–water partition coefficient (Wildman–Crippen LogP) is 4.30. The van der Waals surface area contributed by atoms with Gasteiger partial charge in [-0.3, -0.25) is 4.79 Å². The van der Waals surface area contributed by atoms with Gasteiger partial charge < -0.3 is 23.9 Å². The molecule has 3 aromatic rings. The number of fused-ring (bicyclic) bond motifs is 1. The zero-order chi connectivity index (χ0) is 21.0. The highest BCUT2D eigenvalue weighted by Crippen LogP contribution is 2.33. The fraction of sp³-hybridized carbons (Fsp3) is 0.348. The number of benzene rings is 2. The van der Waals surface area contributed by atoms with Crippen molar-refractivity contribution in [1.29, 1.82) is 0 Å². The van der Waals surface area contributed by atoms with Crippen LogP contribution in [0.1, 0.15) is 25.0 Å². The molecule has 0 aliphatic heterocycles. The van der Waals surface area contributed by atoms with Crippen LogP contribution in [0.2, 0.25) is 0 Å². The first-order valence-electron chi connectivity index (χ1n) is 9.71. The van der Waals surface area contributed by atoms with E-state index in [9.17, 15) is 9.90 Å². The fourth-order valence-corrected chi connectivity index (χ4v) is 3.15. The molecule has 2 aromatic carbocycles. The summed E-state index contributed by atoms with van der Waals surface area (Å²) >= 11 is 0. The predicted molar refractivity (Wildman–Crippen MR) is 115 cm³/mol. The molecule has 0 fully saturated rings. The van der Waals surface area contributed by atoms with E-state index in [0.717, 1.165) is 16.8 Å². The van der Waals surface area contributed by atoms with Crippen molar-refractivity contribution in [1.82, 2.24) is 0 Å². The van der Waals surface area contributed by atoms with Gasteiger partial charge in [0.05, 0.1) is 18.6 Å². The summed E-state index contributed by atoms with van der Waals surface area (Å²) in [5, 5.41) is 10.9. The van der Waals surface area contributed by atoms with Gasteiger partial charge in [0.15, 0.2) is 5.76 Å². The molecule has 0 atom stereocenters. The van der Waals surface area contributed by atoms with Crippen LogP contribution in [-0.4, -0.2) is 32.4 Å². The Hall–Kier alpha value is -2.83. The van der Waals surface area contributed by atoms with Gasteiger partial charge >= 0.3 is 0 Å². The monoisotopic (exact) mass is 397 g/mol. The van der Waals surface area contributed by atoms with Crippen LogP contribution in [0.3, 0.4) is 0 Å². The number of hydrogen-bond acceptors (Lipinski definition) is 6. The molecule has 29 heavy (non-hydrogen) atoms. The minimum Gasteiger partial charge on any atom is -0.502 e. The van der Waals surface area contributed by atoms with Crippen molar-refractivity contribution in [3.05, 3.63) is 57.7 Å². The molecule has 0 aliphatic carbocycles. The van der Waals surface area contributed by atoms with Gasteiger partial charge in [0.1, 0.15) is 5.58 Å². The van der Waals surface area contributed by atoms with Crippen LogP contribution < -0.4 is 10.3 Å². The maximum atomic E-state index is 12.9. The van der Waals surface area contributed by atoms with Gasteiger partial charge in [-0.1, -0.05) is 0 Å². The van der Waals surface area contributed by atoms with E-state index < -0.39 is 11.2 Å². The minimum atomic E-state index is -0.464. The number of nitrogens with zero attached hydrogens (tertiary/aromatic N) is 1. The third kappa shape index (κ3) is 4.44. The molecule has 0 saturated carbocycles. The Morgan fingerprint density at radius 2 is 1.66 bits per heavy atom. The second-order valence-electron chi connectivity index (χ2n) is 6.96. The molecule has 0 unspecified atom stereocenters. The summed E-state index contributed by atoms with van der Waals surface area (Å²) in [6, 6.07) is 11.1. The largest absolute Gasteiger partial charge is 0.502 e. The van der Waals surface area contributed by atoms with Crippen LogP contribution in [0.5, 0.6) is 5.75 Å². The lowest BCUT2D eigenvalue weighted by atomic mass is 10.0. The van der Waals surface area contributed by atoms with E-state index in [-0.39, 0.29) is 5.76 Å². The molecule has 1 aromatic heterocycles. The molecular weight excluding hydrogens is 370 g/mol. The van der Waals surface area contributed by atoms with Crippen molar-refractivity contribution in [2.24, 2.45) is 0 Å². The summed E-state index contributed by atoms with van der Waals surface area (Å²) in [6.45, 7) is 5.61. The highest BCUT2D eigenvalue weighted by atomic mass is 16.5. The Kier molecular flexibility index (Phi) is 6.56. The molecule has 0 bridgehead atoms. The van der Waals surface area contributed by atoms with Gasteiger partial charge in [-0.2, -0.15) is 0 Å². The Bertz CT molecular complexity index is 1040. The first-order chi connectivity index (χ1) is 14.0. The lowest BCUT2D eigenvalue weighted by Crippen LogP contribution is -2.08. The number of ether oxygens (including phenoxy) is 2. The molecule has 0 spiro atoms. The molecule has 0 saturated heterocycles. The third-order valence-electron chi connectivity index (χ3n) is 4.68. The van der Waals surface area contributed by atoms with Gasteiger partial charge in [0.2, 0.25) is 11.2 Å². The maximum Gasteiger partial charge on any atom is 0.235 e. The van der Waals surface area contributed by atoms with Crippen molar-refractivity contribution in [2.45, 2.75) is 27.1 Å². The van der Waals surface area contributed by atoms with E-state index >= 15 is 0 Å². The Balaban J connectivity index is 2.18. The third-order valence-corrected chi connectivity index (χ3v) is 4.68. The highest BCUT2D eigenvalue weighted by molar-refractivity contribution is 5.85. The van der Waals surface area contributed by atoms with Crippen molar-refractivity contribution < 1.29 is 19.0 Å². The standard InChI is InChI=1S/C23H27NO5/c1-5-27-13-15-11-17(14-28-6-2)22-19(12-15)20(25)21(26)23(29-22)16-7-9-18(10-8-16)24(3)4/h7-12,26H,5-6,13-14H2,1-4H3. The second kappa shape index (κ2) is 9.11. The molecule has 154 valence electrons. The first kappa shape index (κ1) is 20.9. The van der Waals surface area contributed by atoms with E-state index in [0.29, 0.717) is 43.0 Å². The zero-order valence-electron chi connectivity index (χ0n) is 17.3. The average molecular weight is 397 g/mol. The Morgan fingerprint density at radius 1 is 1.00 bits per heavy atom. The molecule has 6 nitrogen and oxygen atoms in total. The molecule has 0 aliphatic rings. The second-order valence-corrected chi connectivity index (χ2v) is 6.96. The van der Waals surface area contributed by atoms with E-state index in [4.69, 9.17) is 13.9 Å². The smallest absolute Gasteiger partial charge is 0.235 e. The normalized spacial score (nSPS) is 11.2. The molecule has 0 amide bonds. The zero-order valence-corrected chi connectivity index (χ0v) is 17.3. The number of aromatic hydroxyl groups is 1. The minimum absolute atomic E-state index is 0.156. The van der Waals surface area contributed by atoms with Crippen molar-refractivity contribution in [3.63, 3.8) is 0 Å². The van der Waals surface area contributed by atoms with Crippen molar-refractivity contribution in [2.75, 3.05) is 32.2 Å². The average Bonchev–Trinajstić information content (AvgIpc) is 2.73. The lowest BCUT2D eigenvalue weighted by Gasteiger charge is -2.14. The summed E-state index contributed by atoms with van der Waals surface area (Å²) in [5.41, 5.74) is 3.19. The van der Waals surface area contributed by atoms with Crippen LogP contribution in [0.25, 0.3) is 22.3 Å². The fourth-order valence-electron chi connectivity index (χ4n) is 3.15. The van der Waals surface area contributed by atoms with E-state index in [1.807, 2.05) is 63.2 Å². The molecule has 6 heteroatoms. The Labute approximate surface area is 170 Å². The van der Waals surface area contributed by atoms with Crippen LogP contribution in [-0.2, 0) is 22.7 Å². The summed E-state index contributed by atoms with van der Waals surface area (Å²) < 4.78 is 17.1. The summed E-state index contributed by atoms with van der Waals surface area (Å²) in [6.07, 6.45) is 0. The van der Waals surface area contributed by atoms with Crippen LogP contribution in [0.15, 0.2) is 45.6 Å². The summed E-state index contributed by atoms with van der Waals surface area (Å²) in [4.78, 5) is 14.9. The maximum absolute atomic E-state index is 12.9. The van der Waals surface area contributed by atoms with Crippen molar-refractivity contribution in [3.8, 4) is 17.1 Å². The van der Waals surface area contributed by atoms with E-state index in [1.54, 1.807) is 6.07 Å². The van der Waals surface area contributed by atoms with Crippen molar-refractivity contribution >= 4 is 16.7 Å². The number of anilines is 1. The van der Waals surface area contributed by atoms with Crippen LogP contribution in [0.4, 0.5) is 5.69 Å². The molecular formula is C23H27NO5. The molecule has 0 radical (unpaired) electrons. The van der Waals surface area contributed by atoms with Gasteiger partial charge in [-0.15, -0.1) is 0 Å². The topological polar surface area (TPSA) is 72.1 Å². The number of hydrogen-bond donors (Lipinski definition) is 1. The molecule has 1 N–H and O–H groups in total. The highest BCUT2D eigenvalue weighted by Gasteiger charge is 2.19. The lowest BCUT2D eigenvalue weighted by molar-refractivity contribution is 0.130. The van der Waals surface area contributed by atoms with E-state index in [2.05, 4.69) is 0 Å². The Morgan fingerprint density at radius 3 is 2.28 bits per heavy atom. The SMILES string of the molecule is CCOCc1cc(COCC)c2oc(-c3ccc(N(C)C)cc3)c(O)c(=O)c2c1. The quantitative estimate of drug-likeness (QED) is 0.611. The van der Waals surface area contributed by atoms with E-state index in [1.165, 1.54) is 0 Å². The molecule has 3 rings (SSSR count). The first-order valence-corrected chi connectivity index (χ1v) is 9.71. The number of rotatable bonds is 8. The summed E-state index contributed by atoms with van der Waals surface area (Å²) in [5.74, 6) is -0.242. The van der Waals surface area contributed by atoms with Gasteiger partial charge in [0.25, 0.3) is 0 Å². The van der Waals surface area contributed by atoms with Gasteiger partial charge in [0, 0.05) is 44.1 Å².